The van der Waals surface area contributed by atoms with Gasteiger partial charge in [0.2, 0.25) is 0 Å². The fourth-order valence-electron chi connectivity index (χ4n) is 0.656. The fourth-order valence-corrected chi connectivity index (χ4v) is 0.656. The third-order valence-electron chi connectivity index (χ3n) is 1.17. The molecule has 0 aliphatic carbocycles. The van der Waals surface area contributed by atoms with Crippen LogP contribution in [-0.4, -0.2) is 31.3 Å². The lowest BCUT2D eigenvalue weighted by Crippen LogP contribution is -2.37. The van der Waals surface area contributed by atoms with Crippen LogP contribution in [0.15, 0.2) is 0 Å². The number of methoxy groups -OCH3 is 1. The van der Waals surface area contributed by atoms with E-state index >= 15 is 0 Å². The summed E-state index contributed by atoms with van der Waals surface area (Å²) in [4.78, 5) is 11.2. The first-order valence-corrected chi connectivity index (χ1v) is 3.86. The molecule has 0 amide bonds. The molecule has 0 spiro atoms. The molecule has 2 N–H and O–H groups in total. The summed E-state index contributed by atoms with van der Waals surface area (Å²) in [7, 11) is 1.43. The number of esters is 1. The molecule has 0 saturated heterocycles. The smallest absolute Gasteiger partial charge is 0.337 e. The van der Waals surface area contributed by atoms with E-state index in [1.807, 2.05) is 0 Å². The van der Waals surface area contributed by atoms with Crippen LogP contribution < -0.4 is 5.73 Å². The van der Waals surface area contributed by atoms with Crippen LogP contribution in [0.5, 0.6) is 0 Å². The molecule has 0 aromatic rings. The van der Waals surface area contributed by atoms with Gasteiger partial charge in [-0.25, -0.2) is 4.79 Å². The van der Waals surface area contributed by atoms with E-state index in [9.17, 15) is 4.79 Å². The van der Waals surface area contributed by atoms with E-state index < -0.39 is 17.7 Å². The Kier molecular flexibility index (Phi) is 7.21. The summed E-state index contributed by atoms with van der Waals surface area (Å²) >= 11 is 0. The summed E-state index contributed by atoms with van der Waals surface area (Å²) in [5, 5.41) is 0. The van der Waals surface area contributed by atoms with E-state index in [0.717, 1.165) is 0 Å². The molecule has 5 heteroatoms. The highest BCUT2D eigenvalue weighted by atomic mass is 35.5. The molecule has 0 aromatic heterocycles. The molecule has 1 unspecified atom stereocenters. The second-order valence-electron chi connectivity index (χ2n) is 3.49. The summed E-state index contributed by atoms with van der Waals surface area (Å²) in [5.41, 5.74) is 4.79. The maximum absolute atomic E-state index is 11.2. The van der Waals surface area contributed by atoms with Crippen molar-refractivity contribution >= 4 is 18.4 Å². The van der Waals surface area contributed by atoms with Gasteiger partial charge in [-0.05, 0) is 20.8 Å². The van der Waals surface area contributed by atoms with E-state index in [1.165, 1.54) is 7.11 Å². The number of ether oxygens (including phenoxy) is 2. The highest BCUT2D eigenvalue weighted by molar-refractivity contribution is 5.85. The molecule has 4 nitrogen and oxygen atoms in total. The van der Waals surface area contributed by atoms with Crippen molar-refractivity contribution < 1.29 is 14.3 Å². The van der Waals surface area contributed by atoms with Crippen molar-refractivity contribution in [3.63, 3.8) is 0 Å². The van der Waals surface area contributed by atoms with Gasteiger partial charge >= 0.3 is 5.97 Å². The molecule has 0 rings (SSSR count). The molecule has 0 aliphatic heterocycles. The Labute approximate surface area is 85.2 Å². The Morgan fingerprint density at radius 1 is 1.46 bits per heavy atom. The number of rotatable bonds is 3. The summed E-state index contributed by atoms with van der Waals surface area (Å²) in [6.07, 6.45) is -0.649. The molecule has 0 saturated carbocycles. The van der Waals surface area contributed by atoms with Crippen molar-refractivity contribution in [1.29, 1.82) is 0 Å². The van der Waals surface area contributed by atoms with Gasteiger partial charge in [0.25, 0.3) is 0 Å². The maximum atomic E-state index is 11.2. The number of nitrogens with two attached hydrogens (primary N) is 1. The molecule has 80 valence electrons. The van der Waals surface area contributed by atoms with Crippen LogP contribution in [0, 0.1) is 0 Å². The topological polar surface area (TPSA) is 61.5 Å². The lowest BCUT2D eigenvalue weighted by molar-refractivity contribution is -0.166. The van der Waals surface area contributed by atoms with Crippen LogP contribution in [0.1, 0.15) is 20.8 Å². The second kappa shape index (κ2) is 6.18. The van der Waals surface area contributed by atoms with E-state index in [0.29, 0.717) is 0 Å². The summed E-state index contributed by atoms with van der Waals surface area (Å²) < 4.78 is 9.85. The van der Waals surface area contributed by atoms with Crippen molar-refractivity contribution in [1.82, 2.24) is 0 Å². The van der Waals surface area contributed by atoms with Crippen LogP contribution in [0.3, 0.4) is 0 Å². The third kappa shape index (κ3) is 6.81. The van der Waals surface area contributed by atoms with Gasteiger partial charge in [0, 0.05) is 13.7 Å². The van der Waals surface area contributed by atoms with Gasteiger partial charge < -0.3 is 15.2 Å². The zero-order chi connectivity index (χ0) is 9.78. The number of halogens is 1. The van der Waals surface area contributed by atoms with Gasteiger partial charge in [-0.1, -0.05) is 0 Å². The number of hydrogen-bond donors (Lipinski definition) is 1. The Morgan fingerprint density at radius 3 is 2.15 bits per heavy atom. The monoisotopic (exact) mass is 211 g/mol. The van der Waals surface area contributed by atoms with Gasteiger partial charge in [0.15, 0.2) is 6.10 Å². The minimum atomic E-state index is -0.649. The van der Waals surface area contributed by atoms with E-state index in [4.69, 9.17) is 15.2 Å². The van der Waals surface area contributed by atoms with Gasteiger partial charge in [0.1, 0.15) is 5.60 Å². The highest BCUT2D eigenvalue weighted by Gasteiger charge is 2.23. The molecular weight excluding hydrogens is 194 g/mol. The molecule has 13 heavy (non-hydrogen) atoms. The normalized spacial score (nSPS) is 13.0. The first kappa shape index (κ1) is 15.2. The van der Waals surface area contributed by atoms with Crippen LogP contribution in [0.25, 0.3) is 0 Å². The second-order valence-corrected chi connectivity index (χ2v) is 3.49. The Morgan fingerprint density at radius 2 is 1.92 bits per heavy atom. The number of hydrogen-bond acceptors (Lipinski definition) is 4. The lowest BCUT2D eigenvalue weighted by atomic mass is 10.2. The van der Waals surface area contributed by atoms with Crippen molar-refractivity contribution in [2.45, 2.75) is 32.5 Å². The molecule has 0 fully saturated rings. The largest absolute Gasteiger partial charge is 0.458 e. The zero-order valence-corrected chi connectivity index (χ0v) is 9.31. The molecule has 0 aromatic carbocycles. The van der Waals surface area contributed by atoms with E-state index in [-0.39, 0.29) is 19.0 Å². The number of carbonyl (C=O) groups excluding carboxylic acids is 1. The van der Waals surface area contributed by atoms with E-state index in [1.54, 1.807) is 20.8 Å². The Hall–Kier alpha value is -0.320. The summed E-state index contributed by atoms with van der Waals surface area (Å²) in [6.45, 7) is 5.54. The maximum Gasteiger partial charge on any atom is 0.337 e. The van der Waals surface area contributed by atoms with Crippen molar-refractivity contribution in [3.05, 3.63) is 0 Å². The van der Waals surface area contributed by atoms with Crippen LogP contribution in [0.2, 0.25) is 0 Å². The predicted octanol–water partition coefficient (Wildman–Crippen LogP) is 0.724. The molecule has 1 atom stereocenters. The van der Waals surface area contributed by atoms with Crippen LogP contribution in [0.4, 0.5) is 0 Å². The standard InChI is InChI=1S/C8H17NO3.ClH/c1-8(2,3)12-7(10)6(5-9)11-4;/h6H,5,9H2,1-4H3;1H. The Bertz CT molecular complexity index is 152. The average Bonchev–Trinajstić information content (AvgIpc) is 1.85. The third-order valence-corrected chi connectivity index (χ3v) is 1.17. The average molecular weight is 212 g/mol. The minimum Gasteiger partial charge on any atom is -0.458 e. The first-order valence-electron chi connectivity index (χ1n) is 3.86. The van der Waals surface area contributed by atoms with Gasteiger partial charge in [0.05, 0.1) is 0 Å². The molecule has 0 aliphatic rings. The lowest BCUT2D eigenvalue weighted by Gasteiger charge is -2.22. The SMILES string of the molecule is COC(CN)C(=O)OC(C)(C)C.Cl. The predicted molar refractivity (Wildman–Crippen MR) is 52.9 cm³/mol. The first-order chi connectivity index (χ1) is 5.40. The van der Waals surface area contributed by atoms with Crippen molar-refractivity contribution in [3.8, 4) is 0 Å². The minimum absolute atomic E-state index is 0. The molecule has 0 heterocycles. The van der Waals surface area contributed by atoms with Gasteiger partial charge in [-0.15, -0.1) is 12.4 Å². The van der Waals surface area contributed by atoms with Crippen LogP contribution >= 0.6 is 12.4 Å². The highest BCUT2D eigenvalue weighted by Crippen LogP contribution is 2.08. The Balaban J connectivity index is 0. The number of carbonyl (C=O) groups is 1. The molecular formula is C8H18ClNO3. The van der Waals surface area contributed by atoms with Gasteiger partial charge in [-0.2, -0.15) is 0 Å². The molecule has 0 radical (unpaired) electrons. The van der Waals surface area contributed by atoms with Crippen LogP contribution in [-0.2, 0) is 14.3 Å². The quantitative estimate of drug-likeness (QED) is 0.699. The van der Waals surface area contributed by atoms with Gasteiger partial charge in [-0.3, -0.25) is 0 Å². The fraction of sp³-hybridized carbons (Fsp3) is 0.875. The zero-order valence-electron chi connectivity index (χ0n) is 8.49. The summed E-state index contributed by atoms with van der Waals surface area (Å²) in [6, 6.07) is 0. The van der Waals surface area contributed by atoms with E-state index in [2.05, 4.69) is 0 Å². The molecule has 0 bridgehead atoms. The van der Waals surface area contributed by atoms with Crippen molar-refractivity contribution in [2.75, 3.05) is 13.7 Å². The summed E-state index contributed by atoms with van der Waals surface area (Å²) in [5.74, 6) is -0.410. The van der Waals surface area contributed by atoms with Crippen molar-refractivity contribution in [2.24, 2.45) is 5.73 Å².